The van der Waals surface area contributed by atoms with Crippen LogP contribution < -0.4 is 15.8 Å². The van der Waals surface area contributed by atoms with Crippen LogP contribution in [0.2, 0.25) is 0 Å². The lowest BCUT2D eigenvalue weighted by Gasteiger charge is -2.42. The predicted molar refractivity (Wildman–Crippen MR) is 129 cm³/mol. The summed E-state index contributed by atoms with van der Waals surface area (Å²) in [5.74, 6) is 0.917. The zero-order valence-electron chi connectivity index (χ0n) is 19.0. The monoisotopic (exact) mass is 446 g/mol. The summed E-state index contributed by atoms with van der Waals surface area (Å²) in [5, 5.41) is 3.26. The quantitative estimate of drug-likeness (QED) is 0.640. The van der Waals surface area contributed by atoms with E-state index in [4.69, 9.17) is 4.98 Å². The van der Waals surface area contributed by atoms with Gasteiger partial charge in [-0.15, -0.1) is 0 Å². The van der Waals surface area contributed by atoms with Crippen LogP contribution in [0.3, 0.4) is 0 Å². The zero-order valence-corrected chi connectivity index (χ0v) is 19.0. The van der Waals surface area contributed by atoms with E-state index in [1.54, 1.807) is 19.3 Å². The van der Waals surface area contributed by atoms with E-state index >= 15 is 0 Å². The average molecular weight is 447 g/mol. The van der Waals surface area contributed by atoms with E-state index in [9.17, 15) is 9.59 Å². The van der Waals surface area contributed by atoms with Gasteiger partial charge in [-0.1, -0.05) is 12.1 Å². The van der Waals surface area contributed by atoms with Gasteiger partial charge in [-0.05, 0) is 56.5 Å². The minimum absolute atomic E-state index is 0.0444. The Morgan fingerprint density at radius 1 is 1.09 bits per heavy atom. The van der Waals surface area contributed by atoms with Crippen molar-refractivity contribution in [3.05, 3.63) is 64.5 Å². The van der Waals surface area contributed by atoms with Crippen LogP contribution in [0.25, 0.3) is 10.9 Å². The first-order valence-electron chi connectivity index (χ1n) is 11.8. The molecule has 2 aromatic heterocycles. The molecule has 0 saturated carbocycles. The second-order valence-electron chi connectivity index (χ2n) is 9.00. The van der Waals surface area contributed by atoms with Crippen LogP contribution in [0.1, 0.15) is 47.9 Å². The Morgan fingerprint density at radius 2 is 1.91 bits per heavy atom. The first kappa shape index (κ1) is 21.6. The van der Waals surface area contributed by atoms with Gasteiger partial charge >= 0.3 is 0 Å². The van der Waals surface area contributed by atoms with E-state index in [0.29, 0.717) is 17.1 Å². The van der Waals surface area contributed by atoms with Gasteiger partial charge in [0.15, 0.2) is 0 Å². The molecule has 3 aromatic rings. The Hall–Kier alpha value is -3.26. The number of para-hydroxylation sites is 1. The van der Waals surface area contributed by atoms with Crippen molar-refractivity contribution in [3.63, 3.8) is 0 Å². The first-order chi connectivity index (χ1) is 16.1. The third kappa shape index (κ3) is 4.48. The van der Waals surface area contributed by atoms with Crippen molar-refractivity contribution >= 4 is 22.5 Å². The molecule has 0 bridgehead atoms. The van der Waals surface area contributed by atoms with E-state index in [2.05, 4.69) is 25.1 Å². The highest BCUT2D eigenvalue weighted by Gasteiger charge is 2.30. The van der Waals surface area contributed by atoms with Gasteiger partial charge in [-0.25, -0.2) is 9.97 Å². The van der Waals surface area contributed by atoms with Gasteiger partial charge in [0.2, 0.25) is 0 Å². The largest absolute Gasteiger partial charge is 0.370 e. The van der Waals surface area contributed by atoms with Crippen molar-refractivity contribution in [2.24, 2.45) is 0 Å². The number of carbonyl (C=O) groups excluding carboxylic acids is 1. The fourth-order valence-corrected chi connectivity index (χ4v) is 5.18. The molecule has 1 aromatic carbocycles. The number of rotatable bonds is 4. The molecule has 1 amide bonds. The number of fused-ring (bicyclic) bond motifs is 1. The fraction of sp³-hybridized carbons (Fsp3) is 0.440. The van der Waals surface area contributed by atoms with E-state index in [1.807, 2.05) is 30.3 Å². The van der Waals surface area contributed by atoms with E-state index < -0.39 is 0 Å². The van der Waals surface area contributed by atoms with Gasteiger partial charge in [0.1, 0.15) is 11.5 Å². The van der Waals surface area contributed by atoms with E-state index in [-0.39, 0.29) is 17.4 Å². The third-order valence-corrected chi connectivity index (χ3v) is 7.02. The first-order valence-corrected chi connectivity index (χ1v) is 11.8. The van der Waals surface area contributed by atoms with Crippen LogP contribution in [-0.2, 0) is 0 Å². The molecule has 1 unspecified atom stereocenters. The summed E-state index contributed by atoms with van der Waals surface area (Å²) in [4.78, 5) is 41.3. The summed E-state index contributed by atoms with van der Waals surface area (Å²) in [6.45, 7) is 3.98. The minimum Gasteiger partial charge on any atom is -0.370 e. The molecule has 0 aliphatic carbocycles. The summed E-state index contributed by atoms with van der Waals surface area (Å²) in [7, 11) is 1.61. The highest BCUT2D eigenvalue weighted by atomic mass is 16.1. The average Bonchev–Trinajstić information content (AvgIpc) is 2.88. The van der Waals surface area contributed by atoms with Gasteiger partial charge in [-0.2, -0.15) is 0 Å². The predicted octanol–water partition coefficient (Wildman–Crippen LogP) is 2.53. The number of nitrogens with zero attached hydrogens (tertiary/aromatic N) is 4. The Morgan fingerprint density at radius 3 is 2.67 bits per heavy atom. The van der Waals surface area contributed by atoms with Crippen LogP contribution in [0, 0.1) is 0 Å². The maximum atomic E-state index is 12.5. The minimum atomic E-state index is -0.165. The molecule has 33 heavy (non-hydrogen) atoms. The highest BCUT2D eigenvalue weighted by Crippen LogP contribution is 2.29. The molecule has 2 fully saturated rings. The molecule has 2 saturated heterocycles. The smallest absolute Gasteiger partial charge is 0.269 e. The Bertz CT molecular complexity index is 1180. The van der Waals surface area contributed by atoms with Gasteiger partial charge in [0, 0.05) is 38.6 Å². The number of hydrogen-bond acceptors (Lipinski definition) is 6. The fourth-order valence-electron chi connectivity index (χ4n) is 5.18. The van der Waals surface area contributed by atoms with Crippen LogP contribution >= 0.6 is 0 Å². The van der Waals surface area contributed by atoms with E-state index in [1.165, 1.54) is 0 Å². The van der Waals surface area contributed by atoms with Crippen molar-refractivity contribution in [2.75, 3.05) is 38.1 Å². The molecule has 4 heterocycles. The Labute approximate surface area is 193 Å². The zero-order chi connectivity index (χ0) is 22.8. The summed E-state index contributed by atoms with van der Waals surface area (Å²) in [6.07, 6.45) is 6.15. The second kappa shape index (κ2) is 9.31. The second-order valence-corrected chi connectivity index (χ2v) is 9.00. The van der Waals surface area contributed by atoms with Crippen LogP contribution in [-0.4, -0.2) is 65.0 Å². The van der Waals surface area contributed by atoms with Crippen molar-refractivity contribution in [1.82, 2.24) is 25.2 Å². The van der Waals surface area contributed by atoms with Gasteiger partial charge in [-0.3, -0.25) is 14.5 Å². The van der Waals surface area contributed by atoms with Crippen molar-refractivity contribution in [3.8, 4) is 0 Å². The number of aromatic amines is 1. The van der Waals surface area contributed by atoms with Crippen LogP contribution in [0.5, 0.6) is 0 Å². The van der Waals surface area contributed by atoms with Gasteiger partial charge in [0.05, 0.1) is 22.8 Å². The normalized spacial score (nSPS) is 20.2. The number of amides is 1. The molecule has 8 heteroatoms. The maximum Gasteiger partial charge on any atom is 0.269 e. The van der Waals surface area contributed by atoms with Crippen LogP contribution in [0.15, 0.2) is 47.4 Å². The standard InChI is InChI=1S/C25H30N6O2/c1-26-25(33)22-9-8-19(15-27-22)30-13-10-18(11-14-30)31-12-4-5-17(16-31)23-28-21-7-3-2-6-20(21)24(32)29-23/h2-3,6-9,15,17-18H,4-5,10-14,16H2,1H3,(H,26,33)(H,28,29,32). The van der Waals surface area contributed by atoms with Crippen molar-refractivity contribution in [2.45, 2.75) is 37.6 Å². The number of aromatic nitrogens is 3. The van der Waals surface area contributed by atoms with Gasteiger partial charge < -0.3 is 15.2 Å². The SMILES string of the molecule is CNC(=O)c1ccc(N2CCC(N3CCCC(c4nc5ccccc5c(=O)[nH]4)C3)CC2)cn1. The molecule has 0 spiro atoms. The lowest BCUT2D eigenvalue weighted by Crippen LogP contribution is -2.48. The maximum absolute atomic E-state index is 12.5. The number of pyridine rings is 1. The molecular formula is C25H30N6O2. The highest BCUT2D eigenvalue weighted by molar-refractivity contribution is 5.92. The Kier molecular flexibility index (Phi) is 6.09. The summed E-state index contributed by atoms with van der Waals surface area (Å²) in [6, 6.07) is 11.9. The number of piperidine rings is 2. The van der Waals surface area contributed by atoms with E-state index in [0.717, 1.165) is 68.9 Å². The molecule has 1 atom stereocenters. The number of anilines is 1. The molecule has 2 aliphatic heterocycles. The molecule has 172 valence electrons. The molecule has 2 N–H and O–H groups in total. The number of hydrogen-bond donors (Lipinski definition) is 2. The topological polar surface area (TPSA) is 94.2 Å². The summed E-state index contributed by atoms with van der Waals surface area (Å²) in [5.41, 5.74) is 2.24. The lowest BCUT2D eigenvalue weighted by atomic mass is 9.93. The number of carbonyl (C=O) groups is 1. The molecule has 0 radical (unpaired) electrons. The number of nitrogens with one attached hydrogen (secondary N) is 2. The molecular weight excluding hydrogens is 416 g/mol. The molecule has 5 rings (SSSR count). The number of H-pyrrole nitrogens is 1. The van der Waals surface area contributed by atoms with Gasteiger partial charge in [0.25, 0.3) is 11.5 Å². The Balaban J connectivity index is 1.22. The van der Waals surface area contributed by atoms with Crippen molar-refractivity contribution in [1.29, 1.82) is 0 Å². The van der Waals surface area contributed by atoms with Crippen molar-refractivity contribution < 1.29 is 4.79 Å². The van der Waals surface area contributed by atoms with Crippen LogP contribution in [0.4, 0.5) is 5.69 Å². The number of benzene rings is 1. The lowest BCUT2D eigenvalue weighted by molar-refractivity contribution is 0.0958. The summed E-state index contributed by atoms with van der Waals surface area (Å²) >= 11 is 0. The molecule has 2 aliphatic rings. The third-order valence-electron chi connectivity index (χ3n) is 7.02. The molecule has 8 nitrogen and oxygen atoms in total. The summed E-state index contributed by atoms with van der Waals surface area (Å²) < 4.78 is 0. The number of likely N-dealkylation sites (tertiary alicyclic amines) is 1.